The Kier molecular flexibility index (Phi) is 7.88. The minimum absolute atomic E-state index is 0.193. The molecule has 2 N–H and O–H groups in total. The Hall–Kier alpha value is -1.42. The smallest absolute Gasteiger partial charge is 0.222 e. The first-order valence-corrected chi connectivity index (χ1v) is 7.64. The quantitative estimate of drug-likeness (QED) is 0.712. The number of carbonyl (C=O) groups is 1. The van der Waals surface area contributed by atoms with Crippen LogP contribution in [0.15, 0.2) is 30.3 Å². The molecule has 1 amide bonds. The number of amides is 1. The van der Waals surface area contributed by atoms with E-state index in [2.05, 4.69) is 19.1 Å². The van der Waals surface area contributed by atoms with E-state index in [1.807, 2.05) is 23.1 Å². The van der Waals surface area contributed by atoms with Crippen molar-refractivity contribution in [1.82, 2.24) is 4.90 Å². The van der Waals surface area contributed by atoms with Crippen LogP contribution >= 0.6 is 12.2 Å². The molecule has 0 aliphatic heterocycles. The van der Waals surface area contributed by atoms with Crippen molar-refractivity contribution in [2.75, 3.05) is 13.1 Å². The third-order valence-corrected chi connectivity index (χ3v) is 3.44. The van der Waals surface area contributed by atoms with E-state index in [0.29, 0.717) is 24.4 Å². The highest BCUT2D eigenvalue weighted by Crippen LogP contribution is 2.06. The topological polar surface area (TPSA) is 46.3 Å². The summed E-state index contributed by atoms with van der Waals surface area (Å²) in [6, 6.07) is 10.1. The van der Waals surface area contributed by atoms with Gasteiger partial charge in [0, 0.05) is 25.9 Å². The molecule has 1 aromatic carbocycles. The van der Waals surface area contributed by atoms with Crippen LogP contribution in [0.2, 0.25) is 0 Å². The molecular formula is C16H24N2OS. The van der Waals surface area contributed by atoms with Gasteiger partial charge in [0.25, 0.3) is 0 Å². The zero-order chi connectivity index (χ0) is 14.8. The molecule has 0 saturated heterocycles. The van der Waals surface area contributed by atoms with Gasteiger partial charge in [-0.2, -0.15) is 0 Å². The monoisotopic (exact) mass is 292 g/mol. The number of benzene rings is 1. The van der Waals surface area contributed by atoms with Crippen molar-refractivity contribution in [2.45, 2.75) is 39.0 Å². The molecule has 110 valence electrons. The summed E-state index contributed by atoms with van der Waals surface area (Å²) in [7, 11) is 0. The number of hydrogen-bond donors (Lipinski definition) is 1. The molecule has 0 unspecified atom stereocenters. The van der Waals surface area contributed by atoms with Crippen LogP contribution in [0.3, 0.4) is 0 Å². The largest absolute Gasteiger partial charge is 0.393 e. The van der Waals surface area contributed by atoms with E-state index < -0.39 is 0 Å². The van der Waals surface area contributed by atoms with Crippen LogP contribution in [0.1, 0.15) is 38.2 Å². The average Bonchev–Trinajstić information content (AvgIpc) is 2.45. The molecule has 3 nitrogen and oxygen atoms in total. The maximum atomic E-state index is 12.3. The third kappa shape index (κ3) is 6.66. The third-order valence-electron chi connectivity index (χ3n) is 3.23. The predicted molar refractivity (Wildman–Crippen MR) is 87.7 cm³/mol. The van der Waals surface area contributed by atoms with Gasteiger partial charge in [0.05, 0.1) is 4.99 Å². The highest BCUT2D eigenvalue weighted by atomic mass is 32.1. The summed E-state index contributed by atoms with van der Waals surface area (Å²) in [5.74, 6) is 0.193. The maximum absolute atomic E-state index is 12.3. The first kappa shape index (κ1) is 16.6. The van der Waals surface area contributed by atoms with E-state index in [1.165, 1.54) is 5.56 Å². The Labute approximate surface area is 127 Å². The molecule has 0 spiro atoms. The predicted octanol–water partition coefficient (Wildman–Crippen LogP) is 2.92. The molecule has 0 radical (unpaired) electrons. The van der Waals surface area contributed by atoms with Crippen molar-refractivity contribution >= 4 is 23.1 Å². The fourth-order valence-electron chi connectivity index (χ4n) is 2.01. The second-order valence-electron chi connectivity index (χ2n) is 4.94. The van der Waals surface area contributed by atoms with Crippen molar-refractivity contribution in [2.24, 2.45) is 5.73 Å². The molecule has 20 heavy (non-hydrogen) atoms. The summed E-state index contributed by atoms with van der Waals surface area (Å²) in [4.78, 5) is 14.6. The molecule has 0 saturated carbocycles. The van der Waals surface area contributed by atoms with Gasteiger partial charge in [-0.25, -0.2) is 0 Å². The first-order valence-electron chi connectivity index (χ1n) is 7.23. The van der Waals surface area contributed by atoms with Gasteiger partial charge in [0.2, 0.25) is 5.91 Å². The molecule has 0 bridgehead atoms. The summed E-state index contributed by atoms with van der Waals surface area (Å²) in [6.45, 7) is 3.57. The fraction of sp³-hybridized carbons (Fsp3) is 0.500. The Morgan fingerprint density at radius 3 is 2.50 bits per heavy atom. The summed E-state index contributed by atoms with van der Waals surface area (Å²) in [6.07, 6.45) is 4.04. The molecule has 0 aromatic heterocycles. The van der Waals surface area contributed by atoms with Gasteiger partial charge in [-0.05, 0) is 18.4 Å². The van der Waals surface area contributed by atoms with Crippen molar-refractivity contribution in [3.63, 3.8) is 0 Å². The lowest BCUT2D eigenvalue weighted by molar-refractivity contribution is -0.131. The van der Waals surface area contributed by atoms with Gasteiger partial charge in [-0.3, -0.25) is 4.79 Å². The summed E-state index contributed by atoms with van der Waals surface area (Å²) >= 11 is 4.89. The molecule has 1 aromatic rings. The van der Waals surface area contributed by atoms with E-state index in [9.17, 15) is 4.79 Å². The highest BCUT2D eigenvalue weighted by molar-refractivity contribution is 7.80. The Morgan fingerprint density at radius 1 is 1.20 bits per heavy atom. The van der Waals surface area contributed by atoms with Crippen molar-refractivity contribution < 1.29 is 4.79 Å². The minimum Gasteiger partial charge on any atom is -0.393 e. The van der Waals surface area contributed by atoms with E-state index in [4.69, 9.17) is 18.0 Å². The SMILES string of the molecule is CCCCN(CCC(N)=S)C(=O)CCc1ccccc1. The van der Waals surface area contributed by atoms with Crippen LogP contribution in [0, 0.1) is 0 Å². The van der Waals surface area contributed by atoms with Crippen LogP contribution in [0.25, 0.3) is 0 Å². The first-order chi connectivity index (χ1) is 9.63. The molecule has 4 heteroatoms. The van der Waals surface area contributed by atoms with Gasteiger partial charge in [0.15, 0.2) is 0 Å². The zero-order valence-corrected chi connectivity index (χ0v) is 13.0. The number of unbranched alkanes of at least 4 members (excludes halogenated alkanes) is 1. The second kappa shape index (κ2) is 9.48. The van der Waals surface area contributed by atoms with Crippen LogP contribution in [-0.4, -0.2) is 28.9 Å². The van der Waals surface area contributed by atoms with Gasteiger partial charge < -0.3 is 10.6 Å². The van der Waals surface area contributed by atoms with Crippen molar-refractivity contribution in [3.05, 3.63) is 35.9 Å². The van der Waals surface area contributed by atoms with Crippen LogP contribution < -0.4 is 5.73 Å². The summed E-state index contributed by atoms with van der Waals surface area (Å²) < 4.78 is 0. The molecular weight excluding hydrogens is 268 g/mol. The number of hydrogen-bond acceptors (Lipinski definition) is 2. The molecule has 0 aliphatic rings. The summed E-state index contributed by atoms with van der Waals surface area (Å²) in [5.41, 5.74) is 6.73. The fourth-order valence-corrected chi connectivity index (χ4v) is 2.10. The van der Waals surface area contributed by atoms with E-state index >= 15 is 0 Å². The van der Waals surface area contributed by atoms with Gasteiger partial charge in [-0.15, -0.1) is 0 Å². The van der Waals surface area contributed by atoms with Gasteiger partial charge >= 0.3 is 0 Å². The molecule has 0 fully saturated rings. The standard InChI is InChI=1S/C16H24N2OS/c1-2-3-12-18(13-11-15(17)20)16(19)10-9-14-7-5-4-6-8-14/h4-8H,2-3,9-13H2,1H3,(H2,17,20). The second-order valence-corrected chi connectivity index (χ2v) is 5.46. The van der Waals surface area contributed by atoms with Crippen molar-refractivity contribution in [3.8, 4) is 0 Å². The lowest BCUT2D eigenvalue weighted by Crippen LogP contribution is -2.34. The lowest BCUT2D eigenvalue weighted by Gasteiger charge is -2.22. The molecule has 0 aliphatic carbocycles. The molecule has 1 rings (SSSR count). The Bertz CT molecular complexity index is 420. The van der Waals surface area contributed by atoms with Crippen LogP contribution in [-0.2, 0) is 11.2 Å². The number of nitrogens with zero attached hydrogens (tertiary/aromatic N) is 1. The zero-order valence-electron chi connectivity index (χ0n) is 12.2. The van der Waals surface area contributed by atoms with E-state index in [0.717, 1.165) is 25.8 Å². The number of nitrogens with two attached hydrogens (primary N) is 1. The van der Waals surface area contributed by atoms with Crippen LogP contribution in [0.5, 0.6) is 0 Å². The number of rotatable bonds is 9. The molecule has 0 heterocycles. The molecule has 0 atom stereocenters. The summed E-state index contributed by atoms with van der Waals surface area (Å²) in [5, 5.41) is 0. The number of carbonyl (C=O) groups excluding carboxylic acids is 1. The maximum Gasteiger partial charge on any atom is 0.222 e. The van der Waals surface area contributed by atoms with Crippen molar-refractivity contribution in [1.29, 1.82) is 0 Å². The van der Waals surface area contributed by atoms with E-state index in [1.54, 1.807) is 0 Å². The minimum atomic E-state index is 0.193. The lowest BCUT2D eigenvalue weighted by atomic mass is 10.1. The Morgan fingerprint density at radius 2 is 1.90 bits per heavy atom. The average molecular weight is 292 g/mol. The Balaban J connectivity index is 2.46. The normalized spacial score (nSPS) is 10.2. The highest BCUT2D eigenvalue weighted by Gasteiger charge is 2.13. The van der Waals surface area contributed by atoms with Crippen LogP contribution in [0.4, 0.5) is 0 Å². The number of thiocarbonyl (C=S) groups is 1. The van der Waals surface area contributed by atoms with Gasteiger partial charge in [-0.1, -0.05) is 55.9 Å². The number of aryl methyl sites for hydroxylation is 1. The van der Waals surface area contributed by atoms with Gasteiger partial charge in [0.1, 0.15) is 0 Å². The van der Waals surface area contributed by atoms with E-state index in [-0.39, 0.29) is 5.91 Å².